The minimum atomic E-state index is -0.281. The van der Waals surface area contributed by atoms with E-state index in [1.54, 1.807) is 0 Å². The van der Waals surface area contributed by atoms with Crippen molar-refractivity contribution in [3.05, 3.63) is 94.0 Å². The van der Waals surface area contributed by atoms with Crippen LogP contribution in [0.25, 0.3) is 0 Å². The van der Waals surface area contributed by atoms with Crippen molar-refractivity contribution in [2.45, 2.75) is 20.0 Å². The van der Waals surface area contributed by atoms with Crippen LogP contribution in [0.2, 0.25) is 5.02 Å². The van der Waals surface area contributed by atoms with E-state index < -0.39 is 0 Å². The molecule has 0 spiro atoms. The lowest BCUT2D eigenvalue weighted by Crippen LogP contribution is -2.33. The van der Waals surface area contributed by atoms with Crippen molar-refractivity contribution in [2.24, 2.45) is 0 Å². The lowest BCUT2D eigenvalue weighted by molar-refractivity contribution is 0.0993. The second-order valence-corrected chi connectivity index (χ2v) is 6.99. The Morgan fingerprint density at radius 2 is 1.65 bits per heavy atom. The molecule has 4 heteroatoms. The summed E-state index contributed by atoms with van der Waals surface area (Å²) in [6.45, 7) is 4.05. The number of benzene rings is 3. The van der Waals surface area contributed by atoms with Crippen LogP contribution >= 0.6 is 11.6 Å². The van der Waals surface area contributed by atoms with Gasteiger partial charge in [0, 0.05) is 27.5 Å². The molecule has 0 aromatic heterocycles. The summed E-state index contributed by atoms with van der Waals surface area (Å²) >= 11 is 6.19. The summed E-state index contributed by atoms with van der Waals surface area (Å²) in [7, 11) is 0. The molecule has 3 nitrogen and oxygen atoms in total. The molecule has 0 saturated heterocycles. The Kier molecular flexibility index (Phi) is 4.17. The molecule has 0 aliphatic carbocycles. The fourth-order valence-corrected chi connectivity index (χ4v) is 3.61. The number of para-hydroxylation sites is 1. The van der Waals surface area contributed by atoms with E-state index in [9.17, 15) is 4.79 Å². The van der Waals surface area contributed by atoms with Gasteiger partial charge in [-0.1, -0.05) is 54.1 Å². The number of halogens is 1. The van der Waals surface area contributed by atoms with Gasteiger partial charge in [-0.15, -0.1) is 0 Å². The van der Waals surface area contributed by atoms with Crippen molar-refractivity contribution in [2.75, 3.05) is 10.2 Å². The second kappa shape index (κ2) is 6.50. The van der Waals surface area contributed by atoms with Crippen LogP contribution in [0, 0.1) is 13.8 Å². The molecule has 3 aromatic carbocycles. The first-order chi connectivity index (χ1) is 12.6. The predicted molar refractivity (Wildman–Crippen MR) is 107 cm³/mol. The van der Waals surface area contributed by atoms with E-state index in [-0.39, 0.29) is 12.1 Å². The maximum Gasteiger partial charge on any atom is 0.260 e. The van der Waals surface area contributed by atoms with Crippen LogP contribution in [-0.2, 0) is 0 Å². The van der Waals surface area contributed by atoms with Crippen LogP contribution in [0.4, 0.5) is 11.4 Å². The van der Waals surface area contributed by atoms with Crippen molar-refractivity contribution in [1.82, 2.24) is 0 Å². The topological polar surface area (TPSA) is 32.3 Å². The zero-order chi connectivity index (χ0) is 18.3. The molecule has 1 aliphatic rings. The Balaban J connectivity index is 1.84. The Morgan fingerprint density at radius 3 is 2.46 bits per heavy atom. The Morgan fingerprint density at radius 1 is 0.923 bits per heavy atom. The summed E-state index contributed by atoms with van der Waals surface area (Å²) < 4.78 is 0. The van der Waals surface area contributed by atoms with Gasteiger partial charge in [0.15, 0.2) is 0 Å². The van der Waals surface area contributed by atoms with Crippen molar-refractivity contribution in [3.8, 4) is 0 Å². The smallest absolute Gasteiger partial charge is 0.260 e. The van der Waals surface area contributed by atoms with Gasteiger partial charge in [0.2, 0.25) is 0 Å². The van der Waals surface area contributed by atoms with E-state index in [1.165, 1.54) is 0 Å². The number of aryl methyl sites for hydroxylation is 2. The molecule has 1 heterocycles. The van der Waals surface area contributed by atoms with Crippen LogP contribution in [0.3, 0.4) is 0 Å². The maximum absolute atomic E-state index is 13.2. The molecule has 130 valence electrons. The van der Waals surface area contributed by atoms with Gasteiger partial charge < -0.3 is 5.32 Å². The quantitative estimate of drug-likeness (QED) is 0.645. The fraction of sp³-hybridized carbons (Fsp3) is 0.136. The average molecular weight is 363 g/mol. The van der Waals surface area contributed by atoms with E-state index in [4.69, 9.17) is 11.6 Å². The number of fused-ring (bicyclic) bond motifs is 1. The number of anilines is 2. The van der Waals surface area contributed by atoms with E-state index in [2.05, 4.69) is 5.32 Å². The Labute approximate surface area is 158 Å². The van der Waals surface area contributed by atoms with Gasteiger partial charge in [-0.3, -0.25) is 9.69 Å². The summed E-state index contributed by atoms with van der Waals surface area (Å²) in [6, 6.07) is 21.5. The van der Waals surface area contributed by atoms with Gasteiger partial charge in [0.25, 0.3) is 5.91 Å². The lowest BCUT2D eigenvalue weighted by atomic mass is 10.1. The number of nitrogens with one attached hydrogen (secondary N) is 1. The van der Waals surface area contributed by atoms with Crippen LogP contribution in [0.15, 0.2) is 66.7 Å². The number of nitrogens with zero attached hydrogens (tertiary/aromatic N) is 1. The van der Waals surface area contributed by atoms with Crippen molar-refractivity contribution in [1.29, 1.82) is 0 Å². The number of amides is 1. The van der Waals surface area contributed by atoms with Gasteiger partial charge in [0.1, 0.15) is 6.17 Å². The molecule has 0 radical (unpaired) electrons. The third kappa shape index (κ3) is 2.74. The van der Waals surface area contributed by atoms with Crippen LogP contribution < -0.4 is 10.2 Å². The molecule has 1 amide bonds. The van der Waals surface area contributed by atoms with E-state index in [0.29, 0.717) is 5.02 Å². The van der Waals surface area contributed by atoms with E-state index in [1.807, 2.05) is 85.5 Å². The summed E-state index contributed by atoms with van der Waals surface area (Å²) in [5.74, 6) is 0.00656. The highest BCUT2D eigenvalue weighted by atomic mass is 35.5. The normalized spacial score (nSPS) is 15.9. The molecule has 3 aromatic rings. The Bertz CT molecular complexity index is 999. The van der Waals surface area contributed by atoms with Gasteiger partial charge in [-0.25, -0.2) is 0 Å². The Hall–Kier alpha value is -2.78. The number of carbonyl (C=O) groups is 1. The lowest BCUT2D eigenvalue weighted by Gasteiger charge is -2.29. The largest absolute Gasteiger partial charge is 0.361 e. The monoisotopic (exact) mass is 362 g/mol. The van der Waals surface area contributed by atoms with Gasteiger partial charge in [0.05, 0.1) is 0 Å². The van der Waals surface area contributed by atoms with Crippen LogP contribution in [0.1, 0.15) is 33.2 Å². The highest BCUT2D eigenvalue weighted by Crippen LogP contribution is 2.39. The molecule has 1 atom stereocenters. The highest BCUT2D eigenvalue weighted by Gasteiger charge is 2.38. The maximum atomic E-state index is 13.2. The number of hydrogen-bond donors (Lipinski definition) is 1. The van der Waals surface area contributed by atoms with E-state index in [0.717, 1.165) is 33.6 Å². The zero-order valence-electron chi connectivity index (χ0n) is 14.7. The molecule has 0 saturated carbocycles. The van der Waals surface area contributed by atoms with Crippen LogP contribution in [-0.4, -0.2) is 5.91 Å². The van der Waals surface area contributed by atoms with E-state index >= 15 is 0 Å². The van der Waals surface area contributed by atoms with Gasteiger partial charge >= 0.3 is 0 Å². The highest BCUT2D eigenvalue weighted by molar-refractivity contribution is 6.30. The molecular weight excluding hydrogens is 344 g/mol. The molecule has 1 N–H and O–H groups in total. The minimum Gasteiger partial charge on any atom is -0.361 e. The second-order valence-electron chi connectivity index (χ2n) is 6.56. The third-order valence-electron chi connectivity index (χ3n) is 4.83. The summed E-state index contributed by atoms with van der Waals surface area (Å²) in [6.07, 6.45) is -0.281. The number of carbonyl (C=O) groups excluding carboxylic acids is 1. The van der Waals surface area contributed by atoms with Crippen molar-refractivity contribution in [3.63, 3.8) is 0 Å². The summed E-state index contributed by atoms with van der Waals surface area (Å²) in [4.78, 5) is 15.0. The SMILES string of the molecule is Cc1ccc(Cl)cc1N[C@@H]1c2ccccc2C(=O)N1c1ccccc1C. The standard InChI is InChI=1S/C22H19ClN2O/c1-14-11-12-16(23)13-19(14)24-21-17-8-4-5-9-18(17)22(26)25(21)20-10-6-3-7-15(20)2/h3-13,21,24H,1-2H3/t21-/m0/s1. The molecule has 0 unspecified atom stereocenters. The molecule has 26 heavy (non-hydrogen) atoms. The summed E-state index contributed by atoms with van der Waals surface area (Å²) in [5, 5.41) is 4.20. The number of hydrogen-bond acceptors (Lipinski definition) is 2. The first kappa shape index (κ1) is 16.7. The average Bonchev–Trinajstić information content (AvgIpc) is 2.91. The molecule has 1 aliphatic heterocycles. The van der Waals surface area contributed by atoms with Crippen LogP contribution in [0.5, 0.6) is 0 Å². The third-order valence-corrected chi connectivity index (χ3v) is 5.06. The number of rotatable bonds is 3. The fourth-order valence-electron chi connectivity index (χ4n) is 3.44. The molecule has 4 rings (SSSR count). The predicted octanol–water partition coefficient (Wildman–Crippen LogP) is 5.73. The first-order valence-corrected chi connectivity index (χ1v) is 8.95. The first-order valence-electron chi connectivity index (χ1n) is 8.57. The molecule has 0 bridgehead atoms. The van der Waals surface area contributed by atoms with Gasteiger partial charge in [-0.2, -0.15) is 0 Å². The molecular formula is C22H19ClN2O. The zero-order valence-corrected chi connectivity index (χ0v) is 15.4. The summed E-state index contributed by atoms with van der Waals surface area (Å²) in [5.41, 5.74) is 5.67. The van der Waals surface area contributed by atoms with Crippen molar-refractivity contribution >= 4 is 28.9 Å². The minimum absolute atomic E-state index is 0.00656. The van der Waals surface area contributed by atoms with Gasteiger partial charge in [-0.05, 0) is 49.2 Å². The van der Waals surface area contributed by atoms with Crippen molar-refractivity contribution < 1.29 is 4.79 Å². The molecule has 0 fully saturated rings.